The molecule has 1 aliphatic rings. The van der Waals surface area contributed by atoms with Gasteiger partial charge in [0.2, 0.25) is 0 Å². The number of carbonyl (C=O) groups is 2. The average molecular weight is 284 g/mol. The molecular weight excluding hydrogens is 256 g/mol. The zero-order valence-electron chi connectivity index (χ0n) is 13.2. The molecule has 0 radical (unpaired) electrons. The van der Waals surface area contributed by atoms with Crippen molar-refractivity contribution in [2.75, 3.05) is 39.8 Å². The Morgan fingerprint density at radius 3 is 2.70 bits per heavy atom. The van der Waals surface area contributed by atoms with Crippen LogP contribution in [0.1, 0.15) is 33.6 Å². The fourth-order valence-corrected chi connectivity index (χ4v) is 2.58. The normalized spacial score (nSPS) is 20.7. The monoisotopic (exact) mass is 284 g/mol. The number of hydrogen-bond donors (Lipinski definition) is 1. The molecule has 0 saturated carbocycles. The van der Waals surface area contributed by atoms with Crippen LogP contribution in [0.3, 0.4) is 0 Å². The van der Waals surface area contributed by atoms with E-state index in [0.717, 1.165) is 26.1 Å². The maximum absolute atomic E-state index is 12.4. The minimum Gasteiger partial charge on any atom is -0.465 e. The molecule has 0 bridgehead atoms. The van der Waals surface area contributed by atoms with Gasteiger partial charge in [-0.1, -0.05) is 0 Å². The smallest absolute Gasteiger partial charge is 0.319 e. The molecule has 1 atom stereocenters. The predicted octanol–water partition coefficient (Wildman–Crippen LogP) is 1.08. The minimum absolute atomic E-state index is 0.0546. The lowest BCUT2D eigenvalue weighted by atomic mass is 9.87. The summed E-state index contributed by atoms with van der Waals surface area (Å²) in [6, 6.07) is 0. The quantitative estimate of drug-likeness (QED) is 0.560. The Bertz CT molecular complexity index is 340. The van der Waals surface area contributed by atoms with E-state index in [4.69, 9.17) is 4.74 Å². The second kappa shape index (κ2) is 7.74. The Balaban J connectivity index is 2.54. The Morgan fingerprint density at radius 2 is 2.10 bits per heavy atom. The van der Waals surface area contributed by atoms with Crippen LogP contribution in [0.2, 0.25) is 0 Å². The molecule has 0 aromatic carbocycles. The molecule has 5 heteroatoms. The van der Waals surface area contributed by atoms with E-state index in [1.54, 1.807) is 20.8 Å². The third-order valence-corrected chi connectivity index (χ3v) is 3.95. The molecule has 1 saturated heterocycles. The summed E-state index contributed by atoms with van der Waals surface area (Å²) in [6.07, 6.45) is 2.31. The first-order chi connectivity index (χ1) is 9.41. The molecule has 5 nitrogen and oxygen atoms in total. The van der Waals surface area contributed by atoms with E-state index in [1.807, 2.05) is 7.05 Å². The summed E-state index contributed by atoms with van der Waals surface area (Å²) in [5, 5.41) is 3.19. The lowest BCUT2D eigenvalue weighted by Gasteiger charge is -2.33. The van der Waals surface area contributed by atoms with Gasteiger partial charge in [-0.05, 0) is 59.7 Å². The van der Waals surface area contributed by atoms with Gasteiger partial charge in [-0.2, -0.15) is 0 Å². The first kappa shape index (κ1) is 17.1. The van der Waals surface area contributed by atoms with E-state index in [1.165, 1.54) is 6.42 Å². The number of carbonyl (C=O) groups excluding carboxylic acids is 2. The van der Waals surface area contributed by atoms with Gasteiger partial charge in [-0.25, -0.2) is 0 Å². The van der Waals surface area contributed by atoms with Gasteiger partial charge in [0, 0.05) is 6.54 Å². The van der Waals surface area contributed by atoms with Crippen LogP contribution in [0.15, 0.2) is 0 Å². The number of hydrogen-bond acceptors (Lipinski definition) is 5. The molecular formula is C15H28N2O3. The van der Waals surface area contributed by atoms with Crippen molar-refractivity contribution in [3.8, 4) is 0 Å². The third kappa shape index (κ3) is 4.56. The topological polar surface area (TPSA) is 58.6 Å². The molecule has 0 aliphatic carbocycles. The van der Waals surface area contributed by atoms with E-state index in [0.29, 0.717) is 19.1 Å². The summed E-state index contributed by atoms with van der Waals surface area (Å²) in [7, 11) is 1.95. The van der Waals surface area contributed by atoms with E-state index in [-0.39, 0.29) is 5.78 Å². The van der Waals surface area contributed by atoms with Gasteiger partial charge >= 0.3 is 5.97 Å². The second-order valence-electron chi connectivity index (χ2n) is 6.07. The van der Waals surface area contributed by atoms with Gasteiger partial charge in [0.15, 0.2) is 5.78 Å². The first-order valence-electron chi connectivity index (χ1n) is 7.49. The van der Waals surface area contributed by atoms with Crippen molar-refractivity contribution in [2.24, 2.45) is 11.3 Å². The second-order valence-corrected chi connectivity index (χ2v) is 6.07. The number of nitrogens with zero attached hydrogens (tertiary/aromatic N) is 1. The zero-order valence-corrected chi connectivity index (χ0v) is 13.2. The lowest BCUT2D eigenvalue weighted by Crippen LogP contribution is -2.46. The van der Waals surface area contributed by atoms with Crippen LogP contribution in [0.25, 0.3) is 0 Å². The number of Topliss-reactive ketones (excluding diaryl/α,β-unsaturated/α-hetero) is 1. The van der Waals surface area contributed by atoms with Crippen molar-refractivity contribution in [2.45, 2.75) is 33.6 Å². The fraction of sp³-hybridized carbons (Fsp3) is 0.867. The molecule has 0 aromatic rings. The summed E-state index contributed by atoms with van der Waals surface area (Å²) in [5.74, 6) is 0.113. The molecule has 116 valence electrons. The minimum atomic E-state index is -1.05. The van der Waals surface area contributed by atoms with Crippen molar-refractivity contribution in [3.05, 3.63) is 0 Å². The van der Waals surface area contributed by atoms with Crippen LogP contribution in [0.4, 0.5) is 0 Å². The number of piperidine rings is 1. The third-order valence-electron chi connectivity index (χ3n) is 3.95. The molecule has 20 heavy (non-hydrogen) atoms. The van der Waals surface area contributed by atoms with E-state index in [2.05, 4.69) is 10.2 Å². The SMILES string of the molecule is CCOC(=O)C(C)(C)C(=O)CN1CCCC(CNC)C1. The van der Waals surface area contributed by atoms with Crippen molar-refractivity contribution < 1.29 is 14.3 Å². The van der Waals surface area contributed by atoms with Gasteiger partial charge in [0.25, 0.3) is 0 Å². The Kier molecular flexibility index (Phi) is 6.62. The summed E-state index contributed by atoms with van der Waals surface area (Å²) in [5.41, 5.74) is -1.05. The van der Waals surface area contributed by atoms with Crippen molar-refractivity contribution >= 4 is 11.8 Å². The highest BCUT2D eigenvalue weighted by atomic mass is 16.5. The van der Waals surface area contributed by atoms with Gasteiger partial charge in [-0.15, -0.1) is 0 Å². The number of rotatable bonds is 7. The van der Waals surface area contributed by atoms with Crippen molar-refractivity contribution in [3.63, 3.8) is 0 Å². The molecule has 1 rings (SSSR count). The number of ketones is 1. The van der Waals surface area contributed by atoms with Crippen LogP contribution in [-0.4, -0.2) is 56.5 Å². The van der Waals surface area contributed by atoms with E-state index >= 15 is 0 Å². The van der Waals surface area contributed by atoms with E-state index < -0.39 is 11.4 Å². The fourth-order valence-electron chi connectivity index (χ4n) is 2.58. The molecule has 1 unspecified atom stereocenters. The number of ether oxygens (including phenoxy) is 1. The summed E-state index contributed by atoms with van der Waals surface area (Å²) in [4.78, 5) is 26.4. The molecule has 0 aromatic heterocycles. The van der Waals surface area contributed by atoms with Gasteiger partial charge in [0.1, 0.15) is 5.41 Å². The number of nitrogens with one attached hydrogen (secondary N) is 1. The highest BCUT2D eigenvalue weighted by Crippen LogP contribution is 2.22. The summed E-state index contributed by atoms with van der Waals surface area (Å²) < 4.78 is 4.99. The van der Waals surface area contributed by atoms with Crippen LogP contribution < -0.4 is 5.32 Å². The summed E-state index contributed by atoms with van der Waals surface area (Å²) >= 11 is 0. The Hall–Kier alpha value is -0.940. The maximum Gasteiger partial charge on any atom is 0.319 e. The molecule has 1 heterocycles. The predicted molar refractivity (Wildman–Crippen MR) is 78.5 cm³/mol. The summed E-state index contributed by atoms with van der Waals surface area (Å²) in [6.45, 7) is 8.55. The number of esters is 1. The van der Waals surface area contributed by atoms with Crippen LogP contribution >= 0.6 is 0 Å². The lowest BCUT2D eigenvalue weighted by molar-refractivity contribution is -0.158. The Labute approximate surface area is 122 Å². The highest BCUT2D eigenvalue weighted by molar-refractivity contribution is 6.03. The van der Waals surface area contributed by atoms with Gasteiger partial charge in [0.05, 0.1) is 13.2 Å². The largest absolute Gasteiger partial charge is 0.465 e. The highest BCUT2D eigenvalue weighted by Gasteiger charge is 2.38. The standard InChI is InChI=1S/C15H28N2O3/c1-5-20-14(19)15(2,3)13(18)11-17-8-6-7-12(10-17)9-16-4/h12,16H,5-11H2,1-4H3. The molecule has 0 spiro atoms. The van der Waals surface area contributed by atoms with E-state index in [9.17, 15) is 9.59 Å². The Morgan fingerprint density at radius 1 is 1.40 bits per heavy atom. The van der Waals surface area contributed by atoms with Crippen molar-refractivity contribution in [1.29, 1.82) is 0 Å². The van der Waals surface area contributed by atoms with Crippen LogP contribution in [0, 0.1) is 11.3 Å². The molecule has 1 N–H and O–H groups in total. The molecule has 0 amide bonds. The van der Waals surface area contributed by atoms with Gasteiger partial charge in [-0.3, -0.25) is 14.5 Å². The maximum atomic E-state index is 12.4. The van der Waals surface area contributed by atoms with Crippen LogP contribution in [-0.2, 0) is 14.3 Å². The molecule has 1 fully saturated rings. The van der Waals surface area contributed by atoms with Crippen LogP contribution in [0.5, 0.6) is 0 Å². The van der Waals surface area contributed by atoms with Gasteiger partial charge < -0.3 is 10.1 Å². The molecule has 1 aliphatic heterocycles. The average Bonchev–Trinajstić information content (AvgIpc) is 2.39. The number of likely N-dealkylation sites (tertiary alicyclic amines) is 1. The zero-order chi connectivity index (χ0) is 15.2. The van der Waals surface area contributed by atoms with Crippen molar-refractivity contribution in [1.82, 2.24) is 10.2 Å². The first-order valence-corrected chi connectivity index (χ1v) is 7.49.